The first kappa shape index (κ1) is 20.7. The zero-order chi connectivity index (χ0) is 18.1. The molecule has 0 unspecified atom stereocenters. The first-order chi connectivity index (χ1) is 12.9. The number of benzene rings is 2. The molecule has 0 atom stereocenters. The van der Waals surface area contributed by atoms with E-state index in [0.29, 0.717) is 0 Å². The SMILES string of the molecule is c1ccc(CCCCCOCCCCCCNCc2ccccc2)cc1. The second kappa shape index (κ2) is 14.5. The molecule has 0 aliphatic rings. The average Bonchev–Trinajstić information content (AvgIpc) is 2.70. The van der Waals surface area contributed by atoms with Gasteiger partial charge in [0, 0.05) is 19.8 Å². The first-order valence-corrected chi connectivity index (χ1v) is 10.3. The molecule has 1 N–H and O–H groups in total. The molecular weight excluding hydrogens is 318 g/mol. The molecule has 0 spiro atoms. The van der Waals surface area contributed by atoms with E-state index < -0.39 is 0 Å². The van der Waals surface area contributed by atoms with Crippen LogP contribution in [0.4, 0.5) is 0 Å². The van der Waals surface area contributed by atoms with Crippen LogP contribution in [0.15, 0.2) is 60.7 Å². The molecule has 2 heteroatoms. The molecule has 0 radical (unpaired) electrons. The monoisotopic (exact) mass is 353 g/mol. The van der Waals surface area contributed by atoms with Crippen LogP contribution in [0.2, 0.25) is 0 Å². The summed E-state index contributed by atoms with van der Waals surface area (Å²) in [4.78, 5) is 0. The Labute approximate surface area is 160 Å². The van der Waals surface area contributed by atoms with Gasteiger partial charge in [-0.2, -0.15) is 0 Å². The summed E-state index contributed by atoms with van der Waals surface area (Å²) in [6.07, 6.45) is 9.94. The Morgan fingerprint density at radius 2 is 1.15 bits per heavy atom. The zero-order valence-electron chi connectivity index (χ0n) is 16.2. The van der Waals surface area contributed by atoms with Gasteiger partial charge in [0.2, 0.25) is 0 Å². The quantitative estimate of drug-likeness (QED) is 0.411. The molecular formula is C24H35NO. The van der Waals surface area contributed by atoms with Gasteiger partial charge in [-0.1, -0.05) is 79.9 Å². The molecule has 0 fully saturated rings. The van der Waals surface area contributed by atoms with E-state index >= 15 is 0 Å². The number of hydrogen-bond donors (Lipinski definition) is 1. The van der Waals surface area contributed by atoms with Gasteiger partial charge in [0.25, 0.3) is 0 Å². The standard InChI is InChI=1S/C24H35NO/c1(11-19-25-22-24-17-8-4-9-18-24)2-12-20-26-21-13-5-10-16-23-14-6-3-7-15-23/h3-4,6-9,14-15,17-18,25H,1-2,5,10-13,16,19-22H2. The summed E-state index contributed by atoms with van der Waals surface area (Å²) in [5.41, 5.74) is 2.82. The van der Waals surface area contributed by atoms with E-state index in [2.05, 4.69) is 66.0 Å². The van der Waals surface area contributed by atoms with Crippen molar-refractivity contribution in [2.24, 2.45) is 0 Å². The van der Waals surface area contributed by atoms with Gasteiger partial charge in [-0.3, -0.25) is 0 Å². The number of aryl methyl sites for hydroxylation is 1. The molecule has 26 heavy (non-hydrogen) atoms. The predicted molar refractivity (Wildman–Crippen MR) is 111 cm³/mol. The fourth-order valence-corrected chi connectivity index (χ4v) is 3.09. The third-order valence-electron chi connectivity index (χ3n) is 4.66. The van der Waals surface area contributed by atoms with Crippen LogP contribution in [0.5, 0.6) is 0 Å². The largest absolute Gasteiger partial charge is 0.381 e. The maximum Gasteiger partial charge on any atom is 0.0466 e. The van der Waals surface area contributed by atoms with E-state index in [1.807, 2.05) is 0 Å². The van der Waals surface area contributed by atoms with Crippen LogP contribution >= 0.6 is 0 Å². The Kier molecular flexibility index (Phi) is 11.5. The molecule has 0 aliphatic heterocycles. The Balaban J connectivity index is 1.28. The van der Waals surface area contributed by atoms with Crippen LogP contribution < -0.4 is 5.32 Å². The highest BCUT2D eigenvalue weighted by molar-refractivity contribution is 5.15. The van der Waals surface area contributed by atoms with Gasteiger partial charge in [-0.15, -0.1) is 0 Å². The van der Waals surface area contributed by atoms with Gasteiger partial charge in [0.15, 0.2) is 0 Å². The first-order valence-electron chi connectivity index (χ1n) is 10.3. The van der Waals surface area contributed by atoms with E-state index in [4.69, 9.17) is 4.74 Å². The number of hydrogen-bond acceptors (Lipinski definition) is 2. The smallest absolute Gasteiger partial charge is 0.0466 e. The van der Waals surface area contributed by atoms with E-state index in [-0.39, 0.29) is 0 Å². The van der Waals surface area contributed by atoms with Crippen molar-refractivity contribution >= 4 is 0 Å². The van der Waals surface area contributed by atoms with Gasteiger partial charge in [-0.05, 0) is 49.8 Å². The van der Waals surface area contributed by atoms with E-state index in [9.17, 15) is 0 Å². The van der Waals surface area contributed by atoms with Crippen molar-refractivity contribution in [2.75, 3.05) is 19.8 Å². The van der Waals surface area contributed by atoms with E-state index in [1.54, 1.807) is 0 Å². The third-order valence-corrected chi connectivity index (χ3v) is 4.66. The van der Waals surface area contributed by atoms with Crippen molar-refractivity contribution in [3.05, 3.63) is 71.8 Å². The van der Waals surface area contributed by atoms with Crippen LogP contribution in [0, 0.1) is 0 Å². The molecule has 0 saturated carbocycles. The fourth-order valence-electron chi connectivity index (χ4n) is 3.09. The summed E-state index contributed by atoms with van der Waals surface area (Å²) in [6.45, 7) is 3.94. The van der Waals surface area contributed by atoms with Crippen LogP contribution in [0.25, 0.3) is 0 Å². The van der Waals surface area contributed by atoms with Crippen molar-refractivity contribution < 1.29 is 4.74 Å². The number of ether oxygens (including phenoxy) is 1. The summed E-state index contributed by atoms with van der Waals surface area (Å²) in [6, 6.07) is 21.4. The van der Waals surface area contributed by atoms with Crippen molar-refractivity contribution in [2.45, 2.75) is 57.9 Å². The Hall–Kier alpha value is -1.64. The maximum absolute atomic E-state index is 5.76. The highest BCUT2D eigenvalue weighted by atomic mass is 16.5. The van der Waals surface area contributed by atoms with Crippen molar-refractivity contribution in [1.82, 2.24) is 5.32 Å². The lowest BCUT2D eigenvalue weighted by Gasteiger charge is -2.06. The van der Waals surface area contributed by atoms with Crippen molar-refractivity contribution in [3.8, 4) is 0 Å². The molecule has 2 rings (SSSR count). The molecule has 0 aliphatic carbocycles. The van der Waals surface area contributed by atoms with Crippen molar-refractivity contribution in [1.29, 1.82) is 0 Å². The van der Waals surface area contributed by atoms with Gasteiger partial charge < -0.3 is 10.1 Å². The van der Waals surface area contributed by atoms with Gasteiger partial charge in [0.1, 0.15) is 0 Å². The lowest BCUT2D eigenvalue weighted by Crippen LogP contribution is -2.14. The van der Waals surface area contributed by atoms with Crippen LogP contribution in [0.3, 0.4) is 0 Å². The minimum absolute atomic E-state index is 0.924. The van der Waals surface area contributed by atoms with E-state index in [0.717, 1.165) is 26.3 Å². The topological polar surface area (TPSA) is 21.3 Å². The molecule has 2 nitrogen and oxygen atoms in total. The zero-order valence-corrected chi connectivity index (χ0v) is 16.2. The molecule has 2 aromatic carbocycles. The second-order valence-electron chi connectivity index (χ2n) is 6.99. The summed E-state index contributed by atoms with van der Waals surface area (Å²) in [7, 11) is 0. The van der Waals surface area contributed by atoms with Crippen LogP contribution in [0.1, 0.15) is 56.1 Å². The second-order valence-corrected chi connectivity index (χ2v) is 6.99. The minimum Gasteiger partial charge on any atom is -0.381 e. The highest BCUT2D eigenvalue weighted by Crippen LogP contribution is 2.07. The van der Waals surface area contributed by atoms with Crippen LogP contribution in [-0.4, -0.2) is 19.8 Å². The normalized spacial score (nSPS) is 10.9. The lowest BCUT2D eigenvalue weighted by atomic mass is 10.1. The average molecular weight is 354 g/mol. The number of rotatable bonds is 15. The van der Waals surface area contributed by atoms with Gasteiger partial charge in [0.05, 0.1) is 0 Å². The van der Waals surface area contributed by atoms with Crippen LogP contribution in [-0.2, 0) is 17.7 Å². The lowest BCUT2D eigenvalue weighted by molar-refractivity contribution is 0.126. The molecule has 0 amide bonds. The molecule has 0 saturated heterocycles. The fraction of sp³-hybridized carbons (Fsp3) is 0.500. The molecule has 142 valence electrons. The van der Waals surface area contributed by atoms with E-state index in [1.165, 1.54) is 62.5 Å². The van der Waals surface area contributed by atoms with Gasteiger partial charge in [-0.25, -0.2) is 0 Å². The number of nitrogens with one attached hydrogen (secondary N) is 1. The van der Waals surface area contributed by atoms with Gasteiger partial charge >= 0.3 is 0 Å². The molecule has 0 heterocycles. The molecule has 0 bridgehead atoms. The number of unbranched alkanes of at least 4 members (excludes halogenated alkanes) is 5. The minimum atomic E-state index is 0.924. The third kappa shape index (κ3) is 10.4. The maximum atomic E-state index is 5.76. The predicted octanol–water partition coefficient (Wildman–Crippen LogP) is 5.77. The summed E-state index contributed by atoms with van der Waals surface area (Å²) in [5.74, 6) is 0. The summed E-state index contributed by atoms with van der Waals surface area (Å²) >= 11 is 0. The molecule has 2 aromatic rings. The molecule has 0 aromatic heterocycles. The summed E-state index contributed by atoms with van der Waals surface area (Å²) < 4.78 is 5.76. The highest BCUT2D eigenvalue weighted by Gasteiger charge is 1.95. The Bertz CT molecular complexity index is 489. The summed E-state index contributed by atoms with van der Waals surface area (Å²) in [5, 5.41) is 3.51. The Morgan fingerprint density at radius 3 is 1.85 bits per heavy atom. The van der Waals surface area contributed by atoms with Crippen molar-refractivity contribution in [3.63, 3.8) is 0 Å². The Morgan fingerprint density at radius 1 is 0.577 bits per heavy atom.